The summed E-state index contributed by atoms with van der Waals surface area (Å²) in [4.78, 5) is -2.27. The predicted molar refractivity (Wildman–Crippen MR) is 95.5 cm³/mol. The van der Waals surface area contributed by atoms with Crippen molar-refractivity contribution in [2.45, 2.75) is 76.4 Å². The molecule has 0 spiro atoms. The number of hydrogen-bond donors (Lipinski definition) is 0. The van der Waals surface area contributed by atoms with Crippen LogP contribution in [0.5, 0.6) is 5.75 Å². The Bertz CT molecular complexity index is 1470. The Labute approximate surface area is 273 Å². The Morgan fingerprint density at radius 1 is 0.429 bits per heavy atom. The van der Waals surface area contributed by atoms with Gasteiger partial charge in [0.15, 0.2) is 0 Å². The molecule has 0 N–H and O–H groups in total. The molecule has 0 aliphatic carbocycles. The first-order valence-electron chi connectivity index (χ1n) is 10.4. The zero-order chi connectivity index (χ0) is 39.2. The fraction of sp³-hybridized carbons (Fsp3) is 0.667. The van der Waals surface area contributed by atoms with Gasteiger partial charge in [0.2, 0.25) is 0 Å². The van der Waals surface area contributed by atoms with Crippen LogP contribution in [0.3, 0.4) is 0 Å². The summed E-state index contributed by atoms with van der Waals surface area (Å²) in [6.45, 7) is 0. The molecule has 1 rings (SSSR count). The van der Waals surface area contributed by atoms with Gasteiger partial charge >= 0.3 is 101 Å². The molecule has 282 valence electrons. The standard InChI is InChI=1S/C18H5F25O4S.Na/c19-7(20,9(23,24)11(27,28)13(31,32)15(35,36)17(39,40)41)8(21,22)10(25,26)12(29,30)14(33,34)16(37,38)18(42,43)47-5-3-1-2-4-6(5)48(44,45)46;/h1-4H,(H,44,45,46);/q;+1/p-1. The third-order valence-corrected chi connectivity index (χ3v) is 6.50. The smallest absolute Gasteiger partial charge is 0.744 e. The molecule has 1 aromatic carbocycles. The van der Waals surface area contributed by atoms with E-state index < -0.39 is 92.3 Å². The fourth-order valence-corrected chi connectivity index (χ4v) is 3.48. The van der Waals surface area contributed by atoms with Crippen LogP contribution in [0, 0.1) is 0 Å². The van der Waals surface area contributed by atoms with Gasteiger partial charge in [-0.05, 0) is 12.1 Å². The van der Waals surface area contributed by atoms with E-state index in [0.717, 1.165) is 0 Å². The molecule has 0 unspecified atom stereocenters. The van der Waals surface area contributed by atoms with Crippen molar-refractivity contribution < 1.29 is 157 Å². The Balaban J connectivity index is 0.0000230. The summed E-state index contributed by atoms with van der Waals surface area (Å²) in [7, 11) is -6.21. The maximum absolute atomic E-state index is 14.0. The number of halogens is 25. The van der Waals surface area contributed by atoms with Crippen LogP contribution in [0.25, 0.3) is 0 Å². The molecule has 0 amide bonds. The van der Waals surface area contributed by atoms with Gasteiger partial charge in [-0.2, -0.15) is 110 Å². The van der Waals surface area contributed by atoms with E-state index in [4.69, 9.17) is 0 Å². The van der Waals surface area contributed by atoms with Crippen molar-refractivity contribution in [1.29, 1.82) is 0 Å². The normalized spacial score (nSPS) is 16.0. The Kier molecular flexibility index (Phi) is 11.9. The quantitative estimate of drug-likeness (QED) is 0.151. The molecule has 0 saturated carbocycles. The molecule has 49 heavy (non-hydrogen) atoms. The summed E-state index contributed by atoms with van der Waals surface area (Å²) < 4.78 is 372. The van der Waals surface area contributed by atoms with Crippen LogP contribution < -0.4 is 34.3 Å². The molecule has 4 nitrogen and oxygen atoms in total. The van der Waals surface area contributed by atoms with E-state index in [1.807, 2.05) is 0 Å². The molecule has 0 radical (unpaired) electrons. The molecule has 31 heteroatoms. The van der Waals surface area contributed by atoms with E-state index in [2.05, 4.69) is 4.74 Å². The summed E-state index contributed by atoms with van der Waals surface area (Å²) in [6.07, 6.45) is -16.0. The molecule has 0 bridgehead atoms. The number of para-hydroxylation sites is 1. The van der Waals surface area contributed by atoms with E-state index in [1.165, 1.54) is 0 Å². The van der Waals surface area contributed by atoms with Crippen LogP contribution in [-0.4, -0.2) is 84.5 Å². The summed E-state index contributed by atoms with van der Waals surface area (Å²) >= 11 is 0. The minimum atomic E-state index is -9.74. The molecular weight excluding hydrogens is 810 g/mol. The molecule has 0 atom stereocenters. The molecule has 0 heterocycles. The van der Waals surface area contributed by atoms with Gasteiger partial charge in [0.05, 0.1) is 4.90 Å². The minimum Gasteiger partial charge on any atom is -0.744 e. The summed E-state index contributed by atoms with van der Waals surface area (Å²) in [5, 5.41) is 0. The first-order chi connectivity index (χ1) is 20.5. The van der Waals surface area contributed by atoms with E-state index in [9.17, 15) is 123 Å². The zero-order valence-corrected chi connectivity index (χ0v) is 24.6. The molecule has 0 saturated heterocycles. The maximum Gasteiger partial charge on any atom is 1.00 e. The Morgan fingerprint density at radius 3 is 0.939 bits per heavy atom. The van der Waals surface area contributed by atoms with Crippen molar-refractivity contribution >= 4 is 10.1 Å². The van der Waals surface area contributed by atoms with Crippen molar-refractivity contribution in [3.05, 3.63) is 24.3 Å². The number of alkyl halides is 25. The van der Waals surface area contributed by atoms with Gasteiger partial charge in [-0.1, -0.05) is 12.1 Å². The van der Waals surface area contributed by atoms with Gasteiger partial charge in [0.1, 0.15) is 15.9 Å². The Morgan fingerprint density at radius 2 is 0.673 bits per heavy atom. The van der Waals surface area contributed by atoms with E-state index in [0.29, 0.717) is 6.07 Å². The second-order valence-corrected chi connectivity index (χ2v) is 10.1. The third kappa shape index (κ3) is 6.35. The van der Waals surface area contributed by atoms with Gasteiger partial charge < -0.3 is 9.29 Å². The van der Waals surface area contributed by atoms with E-state index in [-0.39, 0.29) is 47.8 Å². The van der Waals surface area contributed by atoms with Crippen molar-refractivity contribution in [2.24, 2.45) is 0 Å². The molecule has 1 aromatic rings. The average molecular weight is 814 g/mol. The topological polar surface area (TPSA) is 66.4 Å². The Hall–Kier alpha value is -1.82. The van der Waals surface area contributed by atoms with E-state index >= 15 is 0 Å². The monoisotopic (exact) mass is 814 g/mol. The number of benzene rings is 1. The van der Waals surface area contributed by atoms with Crippen molar-refractivity contribution in [3.8, 4) is 5.75 Å². The average Bonchev–Trinajstić information content (AvgIpc) is 2.86. The predicted octanol–water partition coefficient (Wildman–Crippen LogP) is 5.48. The first-order valence-corrected chi connectivity index (χ1v) is 11.8. The van der Waals surface area contributed by atoms with Gasteiger partial charge in [-0.25, -0.2) is 8.42 Å². The first kappa shape index (κ1) is 47.2. The fourth-order valence-electron chi connectivity index (χ4n) is 2.88. The van der Waals surface area contributed by atoms with Gasteiger partial charge in [0, 0.05) is 0 Å². The van der Waals surface area contributed by atoms with Crippen LogP contribution in [0.15, 0.2) is 29.2 Å². The van der Waals surface area contributed by atoms with Gasteiger partial charge in [0.25, 0.3) is 0 Å². The molecule has 0 aliphatic heterocycles. The van der Waals surface area contributed by atoms with Crippen LogP contribution in [0.4, 0.5) is 110 Å². The molecule has 0 aromatic heterocycles. The molecule has 0 aliphatic rings. The molecular formula is C18H4F25NaO4S. The summed E-state index contributed by atoms with van der Waals surface area (Å²) in [5.41, 5.74) is 0. The summed E-state index contributed by atoms with van der Waals surface area (Å²) in [6, 6.07) is -0.00103. The van der Waals surface area contributed by atoms with Crippen molar-refractivity contribution in [2.75, 3.05) is 0 Å². The van der Waals surface area contributed by atoms with Crippen LogP contribution in [-0.2, 0) is 10.1 Å². The van der Waals surface area contributed by atoms with Gasteiger partial charge in [-0.15, -0.1) is 0 Å². The van der Waals surface area contributed by atoms with Crippen LogP contribution in [0.2, 0.25) is 0 Å². The third-order valence-electron chi connectivity index (χ3n) is 5.63. The van der Waals surface area contributed by atoms with E-state index in [1.54, 1.807) is 0 Å². The summed E-state index contributed by atoms with van der Waals surface area (Å²) in [5.74, 6) is -96.0. The van der Waals surface area contributed by atoms with Crippen molar-refractivity contribution in [3.63, 3.8) is 0 Å². The zero-order valence-electron chi connectivity index (χ0n) is 21.8. The van der Waals surface area contributed by atoms with Gasteiger partial charge in [-0.3, -0.25) is 0 Å². The second kappa shape index (κ2) is 12.4. The minimum absolute atomic E-state index is 0. The van der Waals surface area contributed by atoms with Crippen LogP contribution in [0.1, 0.15) is 0 Å². The SMILES string of the molecule is O=S(=O)([O-])c1ccccc1OC(F)(F)C(F)(F)C(F)(F)C(F)(F)C(F)(F)C(F)(F)C(F)(F)C(F)(F)C(F)(F)C(F)(F)C(F)(F)C(F)(F)F.[Na+]. The second-order valence-electron chi connectivity index (χ2n) is 8.76. The molecule has 0 fully saturated rings. The maximum atomic E-state index is 14.0. The number of ether oxygens (including phenoxy) is 1. The van der Waals surface area contributed by atoms with Crippen LogP contribution >= 0.6 is 0 Å². The van der Waals surface area contributed by atoms with Crippen molar-refractivity contribution in [1.82, 2.24) is 0 Å². The number of rotatable bonds is 13. The largest absolute Gasteiger partial charge is 1.00 e. The number of hydrogen-bond acceptors (Lipinski definition) is 4.